The van der Waals surface area contributed by atoms with Crippen LogP contribution in [0.3, 0.4) is 0 Å². The van der Waals surface area contributed by atoms with Crippen molar-refractivity contribution < 1.29 is 0 Å². The van der Waals surface area contributed by atoms with Gasteiger partial charge in [0.15, 0.2) is 0 Å². The Morgan fingerprint density at radius 3 is 2.67 bits per heavy atom. The third-order valence-electron chi connectivity index (χ3n) is 3.35. The quantitative estimate of drug-likeness (QED) is 0.847. The lowest BCUT2D eigenvalue weighted by Gasteiger charge is -2.14. The molecule has 0 amide bonds. The molecule has 0 radical (unpaired) electrons. The normalized spacial score (nSPS) is 12.6. The van der Waals surface area contributed by atoms with Gasteiger partial charge in [-0.1, -0.05) is 30.3 Å². The number of aryl methyl sites for hydroxylation is 2. The molecule has 0 fully saturated rings. The van der Waals surface area contributed by atoms with E-state index in [1.807, 2.05) is 16.9 Å². The van der Waals surface area contributed by atoms with Gasteiger partial charge in [-0.3, -0.25) is 4.68 Å². The van der Waals surface area contributed by atoms with Gasteiger partial charge in [-0.15, -0.1) is 0 Å². The molecule has 0 saturated heterocycles. The second kappa shape index (κ2) is 6.36. The van der Waals surface area contributed by atoms with Gasteiger partial charge in [0, 0.05) is 12.7 Å². The van der Waals surface area contributed by atoms with Crippen molar-refractivity contribution >= 4 is 0 Å². The molecule has 3 nitrogen and oxygen atoms in total. The number of nitrogens with zero attached hydrogens (tertiary/aromatic N) is 2. The highest BCUT2D eigenvalue weighted by molar-refractivity contribution is 5.20. The van der Waals surface area contributed by atoms with Crippen molar-refractivity contribution in [3.8, 4) is 0 Å². The van der Waals surface area contributed by atoms with Crippen LogP contribution in [0, 0.1) is 0 Å². The SMILES string of the molecule is CCn1cc(CCC(CN)c2ccccc2)cn1. The minimum Gasteiger partial charge on any atom is -0.330 e. The summed E-state index contributed by atoms with van der Waals surface area (Å²) in [4.78, 5) is 0. The van der Waals surface area contributed by atoms with E-state index in [1.165, 1.54) is 11.1 Å². The Balaban J connectivity index is 1.95. The molecule has 0 aliphatic carbocycles. The molecule has 2 aromatic rings. The summed E-state index contributed by atoms with van der Waals surface area (Å²) in [6.45, 7) is 3.73. The summed E-state index contributed by atoms with van der Waals surface area (Å²) in [7, 11) is 0. The van der Waals surface area contributed by atoms with E-state index in [9.17, 15) is 0 Å². The lowest BCUT2D eigenvalue weighted by atomic mass is 9.93. The van der Waals surface area contributed by atoms with Crippen LogP contribution >= 0.6 is 0 Å². The number of aromatic nitrogens is 2. The van der Waals surface area contributed by atoms with Crippen LogP contribution in [0.25, 0.3) is 0 Å². The van der Waals surface area contributed by atoms with Crippen molar-refractivity contribution in [1.82, 2.24) is 9.78 Å². The average Bonchev–Trinajstić information content (AvgIpc) is 2.89. The fraction of sp³-hybridized carbons (Fsp3) is 0.400. The van der Waals surface area contributed by atoms with Gasteiger partial charge in [0.1, 0.15) is 0 Å². The van der Waals surface area contributed by atoms with Crippen LogP contribution in [0.2, 0.25) is 0 Å². The van der Waals surface area contributed by atoms with Crippen LogP contribution in [0.4, 0.5) is 0 Å². The standard InChI is InChI=1S/C15H21N3/c1-2-18-12-13(11-17-18)8-9-15(10-16)14-6-4-3-5-7-14/h3-7,11-12,15H,2,8-10,16H2,1H3. The lowest BCUT2D eigenvalue weighted by Crippen LogP contribution is -2.13. The van der Waals surface area contributed by atoms with Crippen LogP contribution in [-0.4, -0.2) is 16.3 Å². The third kappa shape index (κ3) is 3.20. The van der Waals surface area contributed by atoms with Crippen molar-refractivity contribution in [2.75, 3.05) is 6.54 Å². The smallest absolute Gasteiger partial charge is 0.0521 e. The zero-order valence-corrected chi connectivity index (χ0v) is 10.9. The van der Waals surface area contributed by atoms with Crippen LogP contribution in [0.15, 0.2) is 42.7 Å². The summed E-state index contributed by atoms with van der Waals surface area (Å²) in [6, 6.07) is 10.5. The van der Waals surface area contributed by atoms with E-state index in [0.717, 1.165) is 19.4 Å². The first-order chi connectivity index (χ1) is 8.83. The first kappa shape index (κ1) is 12.8. The fourth-order valence-electron chi connectivity index (χ4n) is 2.20. The maximum Gasteiger partial charge on any atom is 0.0521 e. The molecule has 0 aliphatic heterocycles. The number of hydrogen-bond donors (Lipinski definition) is 1. The molecule has 2 N–H and O–H groups in total. The Labute approximate surface area is 109 Å². The van der Waals surface area contributed by atoms with Gasteiger partial charge in [-0.25, -0.2) is 0 Å². The minimum absolute atomic E-state index is 0.441. The zero-order chi connectivity index (χ0) is 12.8. The second-order valence-electron chi connectivity index (χ2n) is 4.59. The van der Waals surface area contributed by atoms with E-state index in [-0.39, 0.29) is 0 Å². The van der Waals surface area contributed by atoms with Gasteiger partial charge in [-0.05, 0) is 43.4 Å². The van der Waals surface area contributed by atoms with E-state index in [4.69, 9.17) is 5.73 Å². The highest BCUT2D eigenvalue weighted by Gasteiger charge is 2.09. The highest BCUT2D eigenvalue weighted by Crippen LogP contribution is 2.20. The largest absolute Gasteiger partial charge is 0.330 e. The second-order valence-corrected chi connectivity index (χ2v) is 4.59. The summed E-state index contributed by atoms with van der Waals surface area (Å²) < 4.78 is 1.97. The Morgan fingerprint density at radius 1 is 1.28 bits per heavy atom. The highest BCUT2D eigenvalue weighted by atomic mass is 15.3. The fourth-order valence-corrected chi connectivity index (χ4v) is 2.20. The number of nitrogens with two attached hydrogens (primary N) is 1. The molecule has 0 bridgehead atoms. The van der Waals surface area contributed by atoms with E-state index < -0.39 is 0 Å². The van der Waals surface area contributed by atoms with Gasteiger partial charge in [-0.2, -0.15) is 5.10 Å². The van der Waals surface area contributed by atoms with Gasteiger partial charge < -0.3 is 5.73 Å². The molecule has 0 spiro atoms. The van der Waals surface area contributed by atoms with Gasteiger partial charge in [0.25, 0.3) is 0 Å². The molecule has 1 aromatic carbocycles. The van der Waals surface area contributed by atoms with Crippen molar-refractivity contribution in [3.63, 3.8) is 0 Å². The summed E-state index contributed by atoms with van der Waals surface area (Å²) in [5.41, 5.74) is 8.51. The topological polar surface area (TPSA) is 43.8 Å². The maximum atomic E-state index is 5.88. The van der Waals surface area contributed by atoms with Crippen molar-refractivity contribution in [2.24, 2.45) is 5.73 Å². The maximum absolute atomic E-state index is 5.88. The molecule has 1 aromatic heterocycles. The Kier molecular flexibility index (Phi) is 4.53. The van der Waals surface area contributed by atoms with Crippen LogP contribution < -0.4 is 5.73 Å². The van der Waals surface area contributed by atoms with Gasteiger partial charge in [0.2, 0.25) is 0 Å². The number of rotatable bonds is 6. The van der Waals surface area contributed by atoms with Crippen LogP contribution in [-0.2, 0) is 13.0 Å². The van der Waals surface area contributed by atoms with Crippen LogP contribution in [0.5, 0.6) is 0 Å². The monoisotopic (exact) mass is 243 g/mol. The molecule has 2 rings (SSSR count). The number of hydrogen-bond acceptors (Lipinski definition) is 2. The molecule has 1 unspecified atom stereocenters. The Bertz CT molecular complexity index is 462. The van der Waals surface area contributed by atoms with Gasteiger partial charge in [0.05, 0.1) is 6.20 Å². The Hall–Kier alpha value is -1.61. The van der Waals surface area contributed by atoms with Crippen molar-refractivity contribution in [1.29, 1.82) is 0 Å². The lowest BCUT2D eigenvalue weighted by molar-refractivity contribution is 0.631. The first-order valence-corrected chi connectivity index (χ1v) is 6.59. The average molecular weight is 243 g/mol. The summed E-state index contributed by atoms with van der Waals surface area (Å²) >= 11 is 0. The third-order valence-corrected chi connectivity index (χ3v) is 3.35. The van der Waals surface area contributed by atoms with Gasteiger partial charge >= 0.3 is 0 Å². The van der Waals surface area contributed by atoms with Crippen LogP contribution in [0.1, 0.15) is 30.4 Å². The molecule has 0 saturated carbocycles. The first-order valence-electron chi connectivity index (χ1n) is 6.59. The van der Waals surface area contributed by atoms with Crippen molar-refractivity contribution in [3.05, 3.63) is 53.9 Å². The zero-order valence-electron chi connectivity index (χ0n) is 10.9. The van der Waals surface area contributed by atoms with E-state index in [1.54, 1.807) is 0 Å². The summed E-state index contributed by atoms with van der Waals surface area (Å²) in [5.74, 6) is 0.441. The predicted octanol–water partition coefficient (Wildman–Crippen LogP) is 2.58. The Morgan fingerprint density at radius 2 is 2.06 bits per heavy atom. The predicted molar refractivity (Wildman–Crippen MR) is 74.5 cm³/mol. The summed E-state index contributed by atoms with van der Waals surface area (Å²) in [6.07, 6.45) is 6.20. The van der Waals surface area contributed by atoms with E-state index in [2.05, 4.69) is 42.5 Å². The number of benzene rings is 1. The summed E-state index contributed by atoms with van der Waals surface area (Å²) in [5, 5.41) is 4.30. The van der Waals surface area contributed by atoms with Crippen molar-refractivity contribution in [2.45, 2.75) is 32.2 Å². The molecule has 3 heteroatoms. The molecule has 1 heterocycles. The molecule has 96 valence electrons. The molecular formula is C15H21N3. The minimum atomic E-state index is 0.441. The van der Waals surface area contributed by atoms with E-state index in [0.29, 0.717) is 12.5 Å². The molecule has 0 aliphatic rings. The molecule has 1 atom stereocenters. The molecule has 18 heavy (non-hydrogen) atoms. The van der Waals surface area contributed by atoms with E-state index >= 15 is 0 Å². The molecular weight excluding hydrogens is 222 g/mol.